The lowest BCUT2D eigenvalue weighted by Crippen LogP contribution is -2.18. The molecule has 0 aromatic heterocycles. The molecule has 0 nitrogen and oxygen atoms in total. The van der Waals surface area contributed by atoms with E-state index in [1.54, 1.807) is 0 Å². The fourth-order valence-corrected chi connectivity index (χ4v) is 2.70. The van der Waals surface area contributed by atoms with Crippen LogP contribution in [0.2, 0.25) is 25.7 Å². The van der Waals surface area contributed by atoms with Gasteiger partial charge in [0, 0.05) is 8.07 Å². The Balaban J connectivity index is 3.12. The molecule has 0 spiro atoms. The number of hydrogen-bond acceptors (Lipinski definition) is 0. The minimum atomic E-state index is -0.734. The highest BCUT2D eigenvalue weighted by atomic mass is 28.3. The van der Waals surface area contributed by atoms with Gasteiger partial charge < -0.3 is 0 Å². The van der Waals surface area contributed by atoms with E-state index in [4.69, 9.17) is 0 Å². The maximum absolute atomic E-state index is 2.47. The summed E-state index contributed by atoms with van der Waals surface area (Å²) >= 11 is 0. The zero-order valence-corrected chi connectivity index (χ0v) is 10.6. The Morgan fingerprint density at radius 2 is 1.50 bits per heavy atom. The summed E-state index contributed by atoms with van der Waals surface area (Å²) in [5.41, 5.74) is 0. The Bertz CT molecular complexity index is 100. The third-order valence-electron chi connectivity index (χ3n) is 2.21. The molecule has 0 aromatic carbocycles. The second-order valence-corrected chi connectivity index (χ2v) is 11.2. The van der Waals surface area contributed by atoms with Gasteiger partial charge in [0.1, 0.15) is 0 Å². The number of rotatable bonds is 6. The molecule has 0 rings (SSSR count). The van der Waals surface area contributed by atoms with Gasteiger partial charge in [0.25, 0.3) is 0 Å². The maximum Gasteiger partial charge on any atom is 0.0442 e. The van der Waals surface area contributed by atoms with Crippen LogP contribution in [0.5, 0.6) is 0 Å². The van der Waals surface area contributed by atoms with E-state index in [1.165, 1.54) is 31.7 Å². The van der Waals surface area contributed by atoms with Gasteiger partial charge in [-0.15, -0.1) is 0 Å². The second-order valence-electron chi connectivity index (χ2n) is 5.55. The largest absolute Gasteiger partial charge is 0.0695 e. The van der Waals surface area contributed by atoms with Gasteiger partial charge in [-0.05, 0) is 5.92 Å². The molecule has 0 aliphatic heterocycles. The van der Waals surface area contributed by atoms with Crippen LogP contribution in [0.25, 0.3) is 0 Å². The van der Waals surface area contributed by atoms with Crippen molar-refractivity contribution < 1.29 is 0 Å². The molecule has 1 heteroatoms. The predicted molar refractivity (Wildman–Crippen MR) is 61.5 cm³/mol. The van der Waals surface area contributed by atoms with Gasteiger partial charge in [0.15, 0.2) is 0 Å². The van der Waals surface area contributed by atoms with Gasteiger partial charge in [-0.2, -0.15) is 0 Å². The van der Waals surface area contributed by atoms with Crippen molar-refractivity contribution in [2.45, 2.75) is 65.2 Å². The summed E-state index contributed by atoms with van der Waals surface area (Å²) in [6.45, 7) is 12.0. The number of hydrogen-bond donors (Lipinski definition) is 0. The number of unbranched alkanes of at least 4 members (excludes halogenated alkanes) is 2. The van der Waals surface area contributed by atoms with E-state index < -0.39 is 8.07 Å². The molecule has 0 aliphatic rings. The smallest absolute Gasteiger partial charge is 0.0442 e. The first kappa shape index (κ1) is 12.2. The average Bonchev–Trinajstić information content (AvgIpc) is 1.83. The molecule has 0 atom stereocenters. The van der Waals surface area contributed by atoms with Crippen molar-refractivity contribution in [3.8, 4) is 0 Å². The van der Waals surface area contributed by atoms with E-state index in [9.17, 15) is 0 Å². The van der Waals surface area contributed by atoms with Crippen LogP contribution in [0.4, 0.5) is 0 Å². The summed E-state index contributed by atoms with van der Waals surface area (Å²) in [7, 11) is -0.734. The molecule has 0 amide bonds. The molecule has 0 unspecified atom stereocenters. The lowest BCUT2D eigenvalue weighted by atomic mass is 10.1. The molecular formula is C11H26Si. The van der Waals surface area contributed by atoms with Crippen molar-refractivity contribution in [1.29, 1.82) is 0 Å². The summed E-state index contributed by atoms with van der Waals surface area (Å²) in [5.74, 6) is 0.900. The van der Waals surface area contributed by atoms with Gasteiger partial charge >= 0.3 is 0 Å². The Kier molecular flexibility index (Phi) is 5.90. The quantitative estimate of drug-likeness (QED) is 0.422. The molecule has 12 heavy (non-hydrogen) atoms. The van der Waals surface area contributed by atoms with Crippen LogP contribution >= 0.6 is 0 Å². The van der Waals surface area contributed by atoms with Gasteiger partial charge in [0.05, 0.1) is 0 Å². The highest BCUT2D eigenvalue weighted by molar-refractivity contribution is 6.76. The molecular weight excluding hydrogens is 160 g/mol. The van der Waals surface area contributed by atoms with Crippen LogP contribution < -0.4 is 0 Å². The minimum Gasteiger partial charge on any atom is -0.0695 e. The summed E-state index contributed by atoms with van der Waals surface area (Å²) in [6, 6.07) is 1.52. The summed E-state index contributed by atoms with van der Waals surface area (Å²) < 4.78 is 0. The van der Waals surface area contributed by atoms with Crippen molar-refractivity contribution in [3.63, 3.8) is 0 Å². The molecule has 0 fully saturated rings. The third kappa shape index (κ3) is 10.2. The van der Waals surface area contributed by atoms with Gasteiger partial charge in [0.2, 0.25) is 0 Å². The van der Waals surface area contributed by atoms with Crippen molar-refractivity contribution >= 4 is 8.07 Å². The normalized spacial score (nSPS) is 12.5. The van der Waals surface area contributed by atoms with Crippen LogP contribution in [0, 0.1) is 5.92 Å². The molecule has 0 radical (unpaired) electrons. The zero-order valence-electron chi connectivity index (χ0n) is 9.61. The standard InChI is InChI=1S/C11H26Si/c1-11(2)9-7-6-8-10-12(3,4)5/h11H,6-10H2,1-5H3. The van der Waals surface area contributed by atoms with Gasteiger partial charge in [-0.25, -0.2) is 0 Å². The summed E-state index contributed by atoms with van der Waals surface area (Å²) in [6.07, 6.45) is 5.80. The van der Waals surface area contributed by atoms with E-state index in [1.807, 2.05) is 0 Å². The van der Waals surface area contributed by atoms with Crippen LogP contribution in [0.1, 0.15) is 39.5 Å². The van der Waals surface area contributed by atoms with E-state index >= 15 is 0 Å². The van der Waals surface area contributed by atoms with Crippen molar-refractivity contribution in [1.82, 2.24) is 0 Å². The lowest BCUT2D eigenvalue weighted by molar-refractivity contribution is 0.533. The highest BCUT2D eigenvalue weighted by Crippen LogP contribution is 2.15. The zero-order chi connectivity index (χ0) is 9.61. The van der Waals surface area contributed by atoms with Crippen LogP contribution in [0.3, 0.4) is 0 Å². The van der Waals surface area contributed by atoms with E-state index in [0.29, 0.717) is 0 Å². The van der Waals surface area contributed by atoms with Crippen molar-refractivity contribution in [3.05, 3.63) is 0 Å². The Labute approximate surface area is 79.8 Å². The average molecular weight is 186 g/mol. The van der Waals surface area contributed by atoms with Crippen LogP contribution in [0.15, 0.2) is 0 Å². The Morgan fingerprint density at radius 1 is 0.917 bits per heavy atom. The van der Waals surface area contributed by atoms with Crippen LogP contribution in [-0.2, 0) is 0 Å². The van der Waals surface area contributed by atoms with E-state index in [2.05, 4.69) is 33.5 Å². The van der Waals surface area contributed by atoms with E-state index in [0.717, 1.165) is 5.92 Å². The lowest BCUT2D eigenvalue weighted by Gasteiger charge is -2.15. The molecule has 0 N–H and O–H groups in total. The maximum atomic E-state index is 2.47. The molecule has 0 heterocycles. The summed E-state index contributed by atoms with van der Waals surface area (Å²) in [5, 5.41) is 0. The first-order valence-electron chi connectivity index (χ1n) is 5.42. The Hall–Kier alpha value is 0.217. The third-order valence-corrected chi connectivity index (χ3v) is 4.06. The summed E-state index contributed by atoms with van der Waals surface area (Å²) in [4.78, 5) is 0. The van der Waals surface area contributed by atoms with E-state index in [-0.39, 0.29) is 0 Å². The fourth-order valence-electron chi connectivity index (χ4n) is 1.38. The van der Waals surface area contributed by atoms with Crippen molar-refractivity contribution in [2.75, 3.05) is 0 Å². The molecule has 0 bridgehead atoms. The monoisotopic (exact) mass is 186 g/mol. The topological polar surface area (TPSA) is 0 Å². The Morgan fingerprint density at radius 3 is 1.92 bits per heavy atom. The molecule has 0 saturated heterocycles. The van der Waals surface area contributed by atoms with Gasteiger partial charge in [-0.3, -0.25) is 0 Å². The predicted octanol–water partition coefficient (Wildman–Crippen LogP) is 4.54. The molecule has 0 aromatic rings. The first-order chi connectivity index (χ1) is 5.42. The van der Waals surface area contributed by atoms with Crippen LogP contribution in [-0.4, -0.2) is 8.07 Å². The SMILES string of the molecule is CC(C)CCCCC[Si](C)(C)C. The molecule has 0 aliphatic carbocycles. The first-order valence-corrected chi connectivity index (χ1v) is 9.12. The molecule has 74 valence electrons. The highest BCUT2D eigenvalue weighted by Gasteiger charge is 2.11. The van der Waals surface area contributed by atoms with Gasteiger partial charge in [-0.1, -0.05) is 65.2 Å². The van der Waals surface area contributed by atoms with Crippen molar-refractivity contribution in [2.24, 2.45) is 5.92 Å². The second kappa shape index (κ2) is 5.79. The fraction of sp³-hybridized carbons (Fsp3) is 1.00. The minimum absolute atomic E-state index is 0.734. The molecule has 0 saturated carbocycles.